The molecule has 1 aromatic heterocycles. The Bertz CT molecular complexity index is 326. The minimum absolute atomic E-state index is 0.0463. The SMILES string of the molecule is CS(=O)(=O)c1cc(N)n[nH]1. The third-order valence-corrected chi connectivity index (χ3v) is 1.98. The number of nitrogen functional groups attached to an aromatic ring is 1. The second-order valence-corrected chi connectivity index (χ2v) is 3.91. The largest absolute Gasteiger partial charge is 0.382 e. The molecule has 0 saturated carbocycles. The van der Waals surface area contributed by atoms with Crippen LogP contribution in [0.5, 0.6) is 0 Å². The molecule has 0 spiro atoms. The number of H-pyrrole nitrogens is 1. The molecule has 0 aromatic carbocycles. The zero-order chi connectivity index (χ0) is 7.78. The van der Waals surface area contributed by atoms with E-state index in [0.29, 0.717) is 0 Å². The van der Waals surface area contributed by atoms with Gasteiger partial charge in [0, 0.05) is 12.3 Å². The molecule has 0 bridgehead atoms. The van der Waals surface area contributed by atoms with Crippen molar-refractivity contribution in [2.24, 2.45) is 0 Å². The molecule has 0 aliphatic heterocycles. The first-order valence-electron chi connectivity index (χ1n) is 2.51. The molecule has 0 fully saturated rings. The van der Waals surface area contributed by atoms with Crippen LogP contribution in [-0.2, 0) is 9.84 Å². The number of hydrogen-bond acceptors (Lipinski definition) is 4. The highest BCUT2D eigenvalue weighted by molar-refractivity contribution is 7.90. The van der Waals surface area contributed by atoms with Gasteiger partial charge in [-0.3, -0.25) is 5.10 Å². The molecule has 0 aliphatic rings. The molecule has 0 aliphatic carbocycles. The predicted octanol–water partition coefficient (Wildman–Crippen LogP) is -0.605. The standard InChI is InChI=1S/C4H7N3O2S/c1-10(8,9)4-2-3(5)6-7-4/h2H,1H3,(H3,5,6,7). The fraction of sp³-hybridized carbons (Fsp3) is 0.250. The number of sulfone groups is 1. The molecule has 0 unspecified atom stereocenters. The van der Waals surface area contributed by atoms with Crippen molar-refractivity contribution in [1.82, 2.24) is 10.2 Å². The van der Waals surface area contributed by atoms with Gasteiger partial charge in [-0.05, 0) is 0 Å². The quantitative estimate of drug-likeness (QED) is 0.575. The van der Waals surface area contributed by atoms with Gasteiger partial charge in [0.05, 0.1) is 0 Å². The average molecular weight is 161 g/mol. The van der Waals surface area contributed by atoms with E-state index in [1.54, 1.807) is 0 Å². The highest BCUT2D eigenvalue weighted by Gasteiger charge is 2.08. The summed E-state index contributed by atoms with van der Waals surface area (Å²) in [4.78, 5) is 0. The lowest BCUT2D eigenvalue weighted by atomic mass is 10.7. The minimum Gasteiger partial charge on any atom is -0.382 e. The highest BCUT2D eigenvalue weighted by Crippen LogP contribution is 2.06. The highest BCUT2D eigenvalue weighted by atomic mass is 32.2. The maximum absolute atomic E-state index is 10.7. The second kappa shape index (κ2) is 1.98. The molecule has 0 amide bonds. The fourth-order valence-electron chi connectivity index (χ4n) is 0.508. The topological polar surface area (TPSA) is 88.8 Å². The van der Waals surface area contributed by atoms with Gasteiger partial charge >= 0.3 is 0 Å². The van der Waals surface area contributed by atoms with Crippen molar-refractivity contribution in [2.75, 3.05) is 12.0 Å². The van der Waals surface area contributed by atoms with E-state index < -0.39 is 9.84 Å². The van der Waals surface area contributed by atoms with E-state index in [-0.39, 0.29) is 10.8 Å². The van der Waals surface area contributed by atoms with Crippen molar-refractivity contribution in [1.29, 1.82) is 0 Å². The van der Waals surface area contributed by atoms with Crippen LogP contribution in [0.15, 0.2) is 11.1 Å². The summed E-state index contributed by atoms with van der Waals surface area (Å²) in [6.07, 6.45) is 1.08. The Labute approximate surface area is 58.2 Å². The van der Waals surface area contributed by atoms with Crippen molar-refractivity contribution >= 4 is 15.7 Å². The summed E-state index contributed by atoms with van der Waals surface area (Å²) in [6, 6.07) is 1.27. The summed E-state index contributed by atoms with van der Waals surface area (Å²) < 4.78 is 21.4. The Morgan fingerprint density at radius 3 is 2.50 bits per heavy atom. The van der Waals surface area contributed by atoms with Crippen molar-refractivity contribution in [3.8, 4) is 0 Å². The molecule has 1 aromatic rings. The summed E-state index contributed by atoms with van der Waals surface area (Å²) >= 11 is 0. The molecule has 3 N–H and O–H groups in total. The van der Waals surface area contributed by atoms with Gasteiger partial charge in [0.1, 0.15) is 5.82 Å². The summed E-state index contributed by atoms with van der Waals surface area (Å²) in [5, 5.41) is 5.79. The van der Waals surface area contributed by atoms with Crippen LogP contribution in [0.4, 0.5) is 5.82 Å². The van der Waals surface area contributed by atoms with Crippen LogP contribution in [0.25, 0.3) is 0 Å². The molecule has 56 valence electrons. The van der Waals surface area contributed by atoms with Crippen molar-refractivity contribution < 1.29 is 8.42 Å². The number of aromatic amines is 1. The van der Waals surface area contributed by atoms with E-state index in [2.05, 4.69) is 10.2 Å². The maximum atomic E-state index is 10.7. The number of nitrogens with two attached hydrogens (primary N) is 1. The van der Waals surface area contributed by atoms with Crippen LogP contribution in [0.1, 0.15) is 0 Å². The zero-order valence-electron chi connectivity index (χ0n) is 5.33. The second-order valence-electron chi connectivity index (χ2n) is 1.93. The van der Waals surface area contributed by atoms with E-state index in [9.17, 15) is 8.42 Å². The van der Waals surface area contributed by atoms with Crippen LogP contribution in [0.2, 0.25) is 0 Å². The molecule has 0 saturated heterocycles. The molecule has 0 atom stereocenters. The Hall–Kier alpha value is -1.04. The number of rotatable bonds is 1. The molecule has 10 heavy (non-hydrogen) atoms. The Morgan fingerprint density at radius 1 is 1.70 bits per heavy atom. The summed E-state index contributed by atoms with van der Waals surface area (Å²) in [5.41, 5.74) is 5.17. The molecular weight excluding hydrogens is 154 g/mol. The smallest absolute Gasteiger partial charge is 0.192 e. The first kappa shape index (κ1) is 7.07. The van der Waals surface area contributed by atoms with Gasteiger partial charge < -0.3 is 5.73 Å². The van der Waals surface area contributed by atoms with Gasteiger partial charge in [-0.25, -0.2) is 8.42 Å². The van der Waals surface area contributed by atoms with Crippen LogP contribution >= 0.6 is 0 Å². The molecule has 5 nitrogen and oxygen atoms in total. The van der Waals surface area contributed by atoms with E-state index >= 15 is 0 Å². The van der Waals surface area contributed by atoms with Crippen LogP contribution in [-0.4, -0.2) is 24.9 Å². The number of hydrogen-bond donors (Lipinski definition) is 2. The van der Waals surface area contributed by atoms with Gasteiger partial charge in [-0.2, -0.15) is 5.10 Å². The molecule has 1 rings (SSSR count). The van der Waals surface area contributed by atoms with E-state index in [1.807, 2.05) is 0 Å². The zero-order valence-corrected chi connectivity index (χ0v) is 6.14. The lowest BCUT2D eigenvalue weighted by Crippen LogP contribution is -1.96. The van der Waals surface area contributed by atoms with Gasteiger partial charge in [0.15, 0.2) is 14.9 Å². The van der Waals surface area contributed by atoms with Crippen molar-refractivity contribution in [2.45, 2.75) is 5.03 Å². The lowest BCUT2D eigenvalue weighted by Gasteiger charge is -1.86. The molecule has 0 radical (unpaired) electrons. The summed E-state index contributed by atoms with van der Waals surface area (Å²) in [5.74, 6) is 0.181. The Kier molecular flexibility index (Phi) is 1.40. The lowest BCUT2D eigenvalue weighted by molar-refractivity contribution is 0.598. The van der Waals surface area contributed by atoms with Gasteiger partial charge in [0.2, 0.25) is 0 Å². The number of aromatic nitrogens is 2. The summed E-state index contributed by atoms with van der Waals surface area (Å²) in [6.45, 7) is 0. The molecular formula is C4H7N3O2S. The van der Waals surface area contributed by atoms with Crippen LogP contribution in [0, 0.1) is 0 Å². The van der Waals surface area contributed by atoms with E-state index in [0.717, 1.165) is 6.26 Å². The first-order chi connectivity index (χ1) is 4.50. The predicted molar refractivity (Wildman–Crippen MR) is 36.1 cm³/mol. The maximum Gasteiger partial charge on any atom is 0.192 e. The van der Waals surface area contributed by atoms with Crippen molar-refractivity contribution in [3.05, 3.63) is 6.07 Å². The number of anilines is 1. The average Bonchev–Trinajstić information content (AvgIpc) is 2.11. The Balaban J connectivity index is 3.21. The first-order valence-corrected chi connectivity index (χ1v) is 4.40. The fourth-order valence-corrected chi connectivity index (χ4v) is 1.05. The van der Waals surface area contributed by atoms with Crippen LogP contribution < -0.4 is 5.73 Å². The monoisotopic (exact) mass is 161 g/mol. The molecule has 1 heterocycles. The van der Waals surface area contributed by atoms with Crippen molar-refractivity contribution in [3.63, 3.8) is 0 Å². The van der Waals surface area contributed by atoms with Gasteiger partial charge in [-0.15, -0.1) is 0 Å². The number of nitrogens with one attached hydrogen (secondary N) is 1. The normalized spacial score (nSPS) is 11.7. The van der Waals surface area contributed by atoms with Gasteiger partial charge in [-0.1, -0.05) is 0 Å². The van der Waals surface area contributed by atoms with Gasteiger partial charge in [0.25, 0.3) is 0 Å². The summed E-state index contributed by atoms with van der Waals surface area (Å²) in [7, 11) is -3.18. The third kappa shape index (κ3) is 1.27. The van der Waals surface area contributed by atoms with Crippen LogP contribution in [0.3, 0.4) is 0 Å². The third-order valence-electron chi connectivity index (χ3n) is 0.974. The molecule has 6 heteroatoms. The number of nitrogens with zero attached hydrogens (tertiary/aromatic N) is 1. The van der Waals surface area contributed by atoms with E-state index in [1.165, 1.54) is 6.07 Å². The Morgan fingerprint density at radius 2 is 2.30 bits per heavy atom. The minimum atomic E-state index is -3.18. The van der Waals surface area contributed by atoms with E-state index in [4.69, 9.17) is 5.73 Å².